The lowest BCUT2D eigenvalue weighted by Crippen LogP contribution is -2.18. The summed E-state index contributed by atoms with van der Waals surface area (Å²) in [5, 5.41) is 2.95. The van der Waals surface area contributed by atoms with Gasteiger partial charge in [0.15, 0.2) is 0 Å². The molecule has 0 saturated heterocycles. The number of thioether (sulfide) groups is 1. The summed E-state index contributed by atoms with van der Waals surface area (Å²) in [7, 11) is 1.62. The summed E-state index contributed by atoms with van der Waals surface area (Å²) in [6.07, 6.45) is 1.84. The first kappa shape index (κ1) is 18.0. The number of benzene rings is 2. The van der Waals surface area contributed by atoms with Gasteiger partial charge in [-0.3, -0.25) is 0 Å². The third-order valence-corrected chi connectivity index (χ3v) is 5.58. The number of methoxy groups -OCH3 is 1. The van der Waals surface area contributed by atoms with Crippen LogP contribution in [-0.4, -0.2) is 22.9 Å². The minimum atomic E-state index is 0.607. The fourth-order valence-electron chi connectivity index (χ4n) is 3.16. The van der Waals surface area contributed by atoms with Crippen LogP contribution in [0.4, 0.5) is 0 Å². The Kier molecular flexibility index (Phi) is 5.37. The highest BCUT2D eigenvalue weighted by Crippen LogP contribution is 2.38. The molecule has 0 saturated carbocycles. The zero-order valence-electron chi connectivity index (χ0n) is 14.9. The van der Waals surface area contributed by atoms with Gasteiger partial charge < -0.3 is 9.64 Å². The van der Waals surface area contributed by atoms with Gasteiger partial charge in [-0.2, -0.15) is 0 Å². The van der Waals surface area contributed by atoms with Crippen LogP contribution < -0.4 is 4.74 Å². The van der Waals surface area contributed by atoms with Crippen molar-refractivity contribution in [1.82, 2.24) is 9.88 Å². The van der Waals surface area contributed by atoms with Crippen molar-refractivity contribution < 1.29 is 4.74 Å². The van der Waals surface area contributed by atoms with Crippen LogP contribution in [-0.2, 0) is 6.54 Å². The summed E-state index contributed by atoms with van der Waals surface area (Å²) in [6.45, 7) is 0.868. The Morgan fingerprint density at radius 1 is 1.07 bits per heavy atom. The maximum atomic E-state index is 6.35. The van der Waals surface area contributed by atoms with Gasteiger partial charge in [0.1, 0.15) is 0 Å². The smallest absolute Gasteiger partial charge is 0.212 e. The number of rotatable bonds is 5. The second-order valence-electron chi connectivity index (χ2n) is 6.26. The van der Waals surface area contributed by atoms with E-state index in [4.69, 9.17) is 16.3 Å². The van der Waals surface area contributed by atoms with E-state index >= 15 is 0 Å². The predicted octanol–water partition coefficient (Wildman–Crippen LogP) is 5.92. The van der Waals surface area contributed by atoms with Crippen molar-refractivity contribution >= 4 is 29.1 Å². The molecule has 2 heterocycles. The summed E-state index contributed by atoms with van der Waals surface area (Å²) < 4.78 is 5.18. The molecule has 0 aliphatic carbocycles. The van der Waals surface area contributed by atoms with E-state index in [0.717, 1.165) is 34.1 Å². The highest BCUT2D eigenvalue weighted by Gasteiger charge is 2.21. The predicted molar refractivity (Wildman–Crippen MR) is 114 cm³/mol. The zero-order valence-corrected chi connectivity index (χ0v) is 16.5. The minimum absolute atomic E-state index is 0.607. The highest BCUT2D eigenvalue weighted by molar-refractivity contribution is 8.02. The molecule has 1 aliphatic heterocycles. The maximum absolute atomic E-state index is 6.35. The molecular weight excluding hydrogens is 376 g/mol. The normalized spacial score (nSPS) is 13.6. The summed E-state index contributed by atoms with van der Waals surface area (Å²) in [5.41, 5.74) is 5.76. The van der Waals surface area contributed by atoms with Gasteiger partial charge in [0.05, 0.1) is 18.7 Å². The summed E-state index contributed by atoms with van der Waals surface area (Å²) in [4.78, 5) is 6.74. The van der Waals surface area contributed by atoms with Crippen LogP contribution in [0.1, 0.15) is 11.1 Å². The number of pyridine rings is 1. The lowest BCUT2D eigenvalue weighted by molar-refractivity contribution is 0.398. The van der Waals surface area contributed by atoms with Gasteiger partial charge in [0.2, 0.25) is 5.88 Å². The molecule has 4 rings (SSSR count). The molecule has 0 amide bonds. The number of nitrogens with zero attached hydrogens (tertiary/aromatic N) is 2. The monoisotopic (exact) mass is 394 g/mol. The molecule has 0 fully saturated rings. The lowest BCUT2D eigenvalue weighted by Gasteiger charge is -2.24. The first-order valence-corrected chi connectivity index (χ1v) is 10.1. The van der Waals surface area contributed by atoms with Crippen LogP contribution in [0.25, 0.3) is 16.8 Å². The van der Waals surface area contributed by atoms with Gasteiger partial charge in [0, 0.05) is 35.0 Å². The average molecular weight is 395 g/mol. The molecule has 1 aliphatic rings. The molecule has 3 nitrogen and oxygen atoms in total. The fourth-order valence-corrected chi connectivity index (χ4v) is 4.25. The second kappa shape index (κ2) is 8.07. The number of ether oxygens (including phenoxy) is 1. The molecule has 0 N–H and O–H groups in total. The van der Waals surface area contributed by atoms with Gasteiger partial charge in [-0.1, -0.05) is 48.0 Å². The molecule has 0 bridgehead atoms. The molecule has 0 unspecified atom stereocenters. The Hall–Kier alpha value is -2.43. The molecule has 0 spiro atoms. The van der Waals surface area contributed by atoms with Crippen LogP contribution in [0.5, 0.6) is 5.88 Å². The van der Waals surface area contributed by atoms with Crippen molar-refractivity contribution in [3.8, 4) is 17.0 Å². The highest BCUT2D eigenvalue weighted by atomic mass is 35.5. The Balaban J connectivity index is 1.70. The van der Waals surface area contributed by atoms with Gasteiger partial charge in [0.25, 0.3) is 0 Å². The first-order chi connectivity index (χ1) is 13.2. The Morgan fingerprint density at radius 2 is 1.93 bits per heavy atom. The average Bonchev–Trinajstić information content (AvgIpc) is 3.17. The van der Waals surface area contributed by atoms with Gasteiger partial charge >= 0.3 is 0 Å². The second-order valence-corrected chi connectivity index (χ2v) is 7.53. The van der Waals surface area contributed by atoms with E-state index < -0.39 is 0 Å². The van der Waals surface area contributed by atoms with E-state index in [-0.39, 0.29) is 0 Å². The van der Waals surface area contributed by atoms with Crippen molar-refractivity contribution in [3.63, 3.8) is 0 Å². The van der Waals surface area contributed by atoms with Crippen LogP contribution >= 0.6 is 23.4 Å². The number of aromatic nitrogens is 1. The summed E-state index contributed by atoms with van der Waals surface area (Å²) >= 11 is 8.16. The van der Waals surface area contributed by atoms with Crippen LogP contribution in [0.15, 0.2) is 72.3 Å². The fraction of sp³-hybridized carbons (Fsp3) is 0.136. The molecule has 2 aromatic carbocycles. The van der Waals surface area contributed by atoms with E-state index in [1.165, 1.54) is 11.3 Å². The van der Waals surface area contributed by atoms with Crippen molar-refractivity contribution in [1.29, 1.82) is 0 Å². The Morgan fingerprint density at radius 3 is 2.67 bits per heavy atom. The number of halogens is 1. The lowest BCUT2D eigenvalue weighted by atomic mass is 9.98. The van der Waals surface area contributed by atoms with Crippen LogP contribution in [0.2, 0.25) is 5.02 Å². The SMILES string of the molecule is COc1ccc(-c2ccc(Cl)cc2C2=CSCN2Cc2ccccc2)cn1. The molecular formula is C22H19ClN2OS. The van der Waals surface area contributed by atoms with E-state index in [0.29, 0.717) is 5.88 Å². The quantitative estimate of drug-likeness (QED) is 0.536. The van der Waals surface area contributed by atoms with Crippen molar-refractivity contribution in [3.05, 3.63) is 88.4 Å². The summed E-state index contributed by atoms with van der Waals surface area (Å²) in [5.74, 6) is 1.53. The molecule has 136 valence electrons. The van der Waals surface area contributed by atoms with E-state index in [2.05, 4.69) is 45.6 Å². The standard InChI is InChI=1S/C22H19ClN2OS/c1-26-22-10-7-17(12-24-22)19-9-8-18(23)11-20(19)21-14-27-15-25(21)13-16-5-3-2-4-6-16/h2-12,14H,13,15H2,1H3. The first-order valence-electron chi connectivity index (χ1n) is 8.65. The van der Waals surface area contributed by atoms with Crippen molar-refractivity contribution in [2.75, 3.05) is 13.0 Å². The minimum Gasteiger partial charge on any atom is -0.481 e. The molecule has 5 heteroatoms. The summed E-state index contributed by atoms with van der Waals surface area (Å²) in [6, 6.07) is 20.5. The molecule has 3 aromatic rings. The van der Waals surface area contributed by atoms with Gasteiger partial charge in [-0.25, -0.2) is 4.98 Å². The van der Waals surface area contributed by atoms with E-state index in [1.54, 1.807) is 18.9 Å². The third-order valence-electron chi connectivity index (χ3n) is 4.50. The number of hydrogen-bond acceptors (Lipinski definition) is 4. The van der Waals surface area contributed by atoms with E-state index in [1.807, 2.05) is 36.5 Å². The van der Waals surface area contributed by atoms with Crippen LogP contribution in [0, 0.1) is 0 Å². The Labute approximate surface area is 168 Å². The molecule has 0 atom stereocenters. The zero-order chi connectivity index (χ0) is 18.6. The van der Waals surface area contributed by atoms with Gasteiger partial charge in [-0.05, 0) is 34.7 Å². The van der Waals surface area contributed by atoms with Crippen LogP contribution in [0.3, 0.4) is 0 Å². The van der Waals surface area contributed by atoms with Gasteiger partial charge in [-0.15, -0.1) is 11.8 Å². The molecule has 1 aromatic heterocycles. The topological polar surface area (TPSA) is 25.4 Å². The molecule has 27 heavy (non-hydrogen) atoms. The maximum Gasteiger partial charge on any atom is 0.212 e. The third kappa shape index (κ3) is 3.97. The van der Waals surface area contributed by atoms with Crippen molar-refractivity contribution in [2.45, 2.75) is 6.54 Å². The van der Waals surface area contributed by atoms with Crippen molar-refractivity contribution in [2.24, 2.45) is 0 Å². The molecule has 0 radical (unpaired) electrons. The van der Waals surface area contributed by atoms with E-state index in [9.17, 15) is 0 Å². The largest absolute Gasteiger partial charge is 0.481 e. The Bertz CT molecular complexity index is 958. The number of hydrogen-bond donors (Lipinski definition) is 0.